The van der Waals surface area contributed by atoms with Crippen LogP contribution >= 0.6 is 0 Å². The molecule has 2 unspecified atom stereocenters. The van der Waals surface area contributed by atoms with E-state index in [4.69, 9.17) is 9.26 Å². The standard InChI is InChI=1S/C24H22N2O4/c1-13-21-22(15-4-3-5-18(10-15)29-2)23-19(25-24(21)30-26-13)11-16(12-20(23)28)14-6-8-17(27)9-7-14/h3-10,16,22,25,27H,11-12H2,1-2H3. The third-order valence-corrected chi connectivity index (χ3v) is 6.05. The van der Waals surface area contributed by atoms with Gasteiger partial charge in [0.2, 0.25) is 5.88 Å². The molecule has 0 bridgehead atoms. The van der Waals surface area contributed by atoms with Crippen LogP contribution in [0.15, 0.2) is 64.3 Å². The first-order chi connectivity index (χ1) is 14.5. The fourth-order valence-corrected chi connectivity index (χ4v) is 4.61. The number of benzene rings is 2. The van der Waals surface area contributed by atoms with E-state index in [0.29, 0.717) is 18.7 Å². The summed E-state index contributed by atoms with van der Waals surface area (Å²) in [5, 5.41) is 17.1. The molecule has 30 heavy (non-hydrogen) atoms. The van der Waals surface area contributed by atoms with E-state index in [2.05, 4.69) is 10.5 Å². The van der Waals surface area contributed by atoms with Gasteiger partial charge in [-0.15, -0.1) is 0 Å². The number of fused-ring (bicyclic) bond motifs is 1. The number of hydrogen-bond donors (Lipinski definition) is 2. The fourth-order valence-electron chi connectivity index (χ4n) is 4.61. The molecule has 152 valence electrons. The molecule has 1 aliphatic carbocycles. The van der Waals surface area contributed by atoms with Gasteiger partial charge in [-0.2, -0.15) is 0 Å². The van der Waals surface area contributed by atoms with Gasteiger partial charge in [0, 0.05) is 23.6 Å². The van der Waals surface area contributed by atoms with E-state index < -0.39 is 0 Å². The maximum atomic E-state index is 13.4. The number of hydrogen-bond acceptors (Lipinski definition) is 6. The van der Waals surface area contributed by atoms with Crippen molar-refractivity contribution in [1.29, 1.82) is 0 Å². The van der Waals surface area contributed by atoms with Crippen LogP contribution in [0.2, 0.25) is 0 Å². The van der Waals surface area contributed by atoms with Crippen molar-refractivity contribution in [2.75, 3.05) is 12.4 Å². The lowest BCUT2D eigenvalue weighted by Crippen LogP contribution is -2.29. The maximum absolute atomic E-state index is 13.4. The van der Waals surface area contributed by atoms with Crippen LogP contribution in [0.25, 0.3) is 0 Å². The molecule has 0 radical (unpaired) electrons. The SMILES string of the molecule is COc1cccc(C2C3=C(CC(c4ccc(O)cc4)CC3=O)Nc3onc(C)c32)c1. The van der Waals surface area contributed by atoms with Gasteiger partial charge in [0.05, 0.1) is 18.4 Å². The van der Waals surface area contributed by atoms with Crippen LogP contribution in [-0.2, 0) is 4.79 Å². The number of ketones is 1. The first kappa shape index (κ1) is 18.5. The number of rotatable bonds is 3. The van der Waals surface area contributed by atoms with Crippen molar-refractivity contribution in [3.63, 3.8) is 0 Å². The molecule has 1 aliphatic heterocycles. The zero-order valence-corrected chi connectivity index (χ0v) is 16.8. The van der Waals surface area contributed by atoms with E-state index in [1.165, 1.54) is 0 Å². The second kappa shape index (κ2) is 7.06. The lowest BCUT2D eigenvalue weighted by Gasteiger charge is -2.34. The number of nitrogens with zero attached hydrogens (tertiary/aromatic N) is 1. The summed E-state index contributed by atoms with van der Waals surface area (Å²) < 4.78 is 11.0. The number of aromatic nitrogens is 1. The number of ether oxygens (including phenoxy) is 1. The number of methoxy groups -OCH3 is 1. The molecule has 3 aromatic rings. The van der Waals surface area contributed by atoms with Crippen LogP contribution in [-0.4, -0.2) is 23.2 Å². The minimum atomic E-state index is -0.245. The second-order valence-electron chi connectivity index (χ2n) is 7.86. The van der Waals surface area contributed by atoms with Crippen molar-refractivity contribution < 1.29 is 19.2 Å². The second-order valence-corrected chi connectivity index (χ2v) is 7.86. The van der Waals surface area contributed by atoms with E-state index in [9.17, 15) is 9.90 Å². The molecule has 2 aliphatic rings. The van der Waals surface area contributed by atoms with Gasteiger partial charge in [-0.3, -0.25) is 4.79 Å². The average molecular weight is 402 g/mol. The number of nitrogens with one attached hydrogen (secondary N) is 1. The molecular formula is C24H22N2O4. The molecule has 1 aromatic heterocycles. The van der Waals surface area contributed by atoms with E-state index >= 15 is 0 Å². The Hall–Kier alpha value is -3.54. The van der Waals surface area contributed by atoms with Gasteiger partial charge in [-0.1, -0.05) is 29.4 Å². The number of aromatic hydroxyl groups is 1. The Kier molecular flexibility index (Phi) is 4.35. The van der Waals surface area contributed by atoms with Gasteiger partial charge in [0.25, 0.3) is 0 Å². The van der Waals surface area contributed by atoms with Crippen LogP contribution in [0.4, 0.5) is 5.88 Å². The normalized spacial score (nSPS) is 20.4. The van der Waals surface area contributed by atoms with E-state index in [-0.39, 0.29) is 23.4 Å². The zero-order chi connectivity index (χ0) is 20.8. The van der Waals surface area contributed by atoms with Gasteiger partial charge < -0.3 is 19.7 Å². The number of Topliss-reactive ketones (excluding diaryl/α,β-unsaturated/α-hetero) is 1. The fraction of sp³-hybridized carbons (Fsp3) is 0.250. The Morgan fingerprint density at radius 1 is 1.13 bits per heavy atom. The third-order valence-electron chi connectivity index (χ3n) is 6.05. The Balaban J connectivity index is 1.61. The molecular weight excluding hydrogens is 380 g/mol. The van der Waals surface area contributed by atoms with Crippen molar-refractivity contribution in [1.82, 2.24) is 5.16 Å². The topological polar surface area (TPSA) is 84.6 Å². The number of phenols is 1. The highest BCUT2D eigenvalue weighted by atomic mass is 16.5. The summed E-state index contributed by atoms with van der Waals surface area (Å²) in [4.78, 5) is 13.4. The summed E-state index contributed by atoms with van der Waals surface area (Å²) in [6.45, 7) is 1.90. The molecule has 6 nitrogen and oxygen atoms in total. The van der Waals surface area contributed by atoms with E-state index in [1.807, 2.05) is 43.3 Å². The third kappa shape index (κ3) is 2.96. The highest BCUT2D eigenvalue weighted by Gasteiger charge is 2.41. The van der Waals surface area contributed by atoms with Crippen molar-refractivity contribution >= 4 is 11.7 Å². The molecule has 2 heterocycles. The van der Waals surface area contributed by atoms with Gasteiger partial charge in [-0.05, 0) is 54.7 Å². The number of carbonyl (C=O) groups excluding carboxylic acids is 1. The van der Waals surface area contributed by atoms with Crippen LogP contribution in [0.1, 0.15) is 47.1 Å². The Labute approximate surface area is 174 Å². The Morgan fingerprint density at radius 3 is 2.70 bits per heavy atom. The van der Waals surface area contributed by atoms with Crippen LogP contribution in [0, 0.1) is 6.92 Å². The van der Waals surface area contributed by atoms with Crippen molar-refractivity contribution in [3.8, 4) is 11.5 Å². The highest BCUT2D eigenvalue weighted by molar-refractivity contribution is 6.01. The molecule has 5 rings (SSSR count). The van der Waals surface area contributed by atoms with Gasteiger partial charge >= 0.3 is 0 Å². The van der Waals surface area contributed by atoms with Crippen LogP contribution in [0.3, 0.4) is 0 Å². The Morgan fingerprint density at radius 2 is 1.93 bits per heavy atom. The van der Waals surface area contributed by atoms with Crippen molar-refractivity contribution in [2.45, 2.75) is 31.6 Å². The van der Waals surface area contributed by atoms with Crippen LogP contribution < -0.4 is 10.1 Å². The molecule has 2 aromatic carbocycles. The minimum absolute atomic E-state index is 0.0425. The average Bonchev–Trinajstić information content (AvgIpc) is 3.13. The molecule has 0 saturated carbocycles. The van der Waals surface area contributed by atoms with E-state index in [0.717, 1.165) is 39.4 Å². The largest absolute Gasteiger partial charge is 0.508 e. The number of aryl methyl sites for hydroxylation is 1. The lowest BCUT2D eigenvalue weighted by molar-refractivity contribution is -0.116. The summed E-state index contributed by atoms with van der Waals surface area (Å²) in [6, 6.07) is 14.9. The van der Waals surface area contributed by atoms with Gasteiger partial charge in [0.1, 0.15) is 11.5 Å². The number of anilines is 1. The predicted molar refractivity (Wildman–Crippen MR) is 112 cm³/mol. The quantitative estimate of drug-likeness (QED) is 0.663. The van der Waals surface area contributed by atoms with Crippen molar-refractivity contribution in [3.05, 3.63) is 82.2 Å². The summed E-state index contributed by atoms with van der Waals surface area (Å²) >= 11 is 0. The number of carbonyl (C=O) groups is 1. The van der Waals surface area contributed by atoms with Gasteiger partial charge in [0.15, 0.2) is 5.78 Å². The molecule has 0 fully saturated rings. The number of phenolic OH excluding ortho intramolecular Hbond substituents is 1. The minimum Gasteiger partial charge on any atom is -0.508 e. The smallest absolute Gasteiger partial charge is 0.233 e. The predicted octanol–water partition coefficient (Wildman–Crippen LogP) is 4.66. The summed E-state index contributed by atoms with van der Waals surface area (Å²) in [6.07, 6.45) is 1.11. The first-order valence-corrected chi connectivity index (χ1v) is 9.97. The molecule has 0 saturated heterocycles. The van der Waals surface area contributed by atoms with E-state index in [1.54, 1.807) is 19.2 Å². The van der Waals surface area contributed by atoms with Gasteiger partial charge in [-0.25, -0.2) is 0 Å². The summed E-state index contributed by atoms with van der Waals surface area (Å²) in [7, 11) is 1.64. The molecule has 6 heteroatoms. The van der Waals surface area contributed by atoms with Crippen molar-refractivity contribution in [2.24, 2.45) is 0 Å². The van der Waals surface area contributed by atoms with Crippen LogP contribution in [0.5, 0.6) is 11.5 Å². The first-order valence-electron chi connectivity index (χ1n) is 9.97. The molecule has 2 N–H and O–H groups in total. The maximum Gasteiger partial charge on any atom is 0.233 e. The molecule has 0 amide bonds. The molecule has 0 spiro atoms. The lowest BCUT2D eigenvalue weighted by atomic mass is 9.72. The summed E-state index contributed by atoms with van der Waals surface area (Å²) in [5.74, 6) is 1.47. The zero-order valence-electron chi connectivity index (χ0n) is 16.8. The molecule has 2 atom stereocenters. The monoisotopic (exact) mass is 402 g/mol. The highest BCUT2D eigenvalue weighted by Crippen LogP contribution is 2.49. The Bertz CT molecular complexity index is 1160. The summed E-state index contributed by atoms with van der Waals surface area (Å²) in [5.41, 5.74) is 5.33. The number of allylic oxidation sites excluding steroid dienone is 2.